The minimum atomic E-state index is -0.351. The number of aromatic hydroxyl groups is 1. The Morgan fingerprint density at radius 3 is 1.78 bits per heavy atom. The van der Waals surface area contributed by atoms with E-state index in [-0.39, 0.29) is 48.5 Å². The maximum atomic E-state index is 12.7. The Kier molecular flexibility index (Phi) is 12.3. The molecular formula is C66H65N6OPt-. The second kappa shape index (κ2) is 18.1. The van der Waals surface area contributed by atoms with Crippen LogP contribution in [0.3, 0.4) is 0 Å². The van der Waals surface area contributed by atoms with E-state index in [2.05, 4.69) is 249 Å². The van der Waals surface area contributed by atoms with Crippen LogP contribution in [0.5, 0.6) is 5.75 Å². The van der Waals surface area contributed by atoms with E-state index in [1.807, 2.05) is 12.1 Å². The molecule has 4 heterocycles. The molecule has 0 atom stereocenters. The van der Waals surface area contributed by atoms with Crippen LogP contribution in [0, 0.1) is 6.07 Å². The molecule has 0 aliphatic heterocycles. The Bertz CT molecular complexity index is 3960. The summed E-state index contributed by atoms with van der Waals surface area (Å²) in [5, 5.41) is 14.9. The molecule has 11 aromatic rings. The van der Waals surface area contributed by atoms with Crippen LogP contribution < -0.4 is 0 Å². The number of nitrogens with zero attached hydrogens (tertiary/aromatic N) is 6. The molecule has 0 radical (unpaired) electrons. The van der Waals surface area contributed by atoms with E-state index in [9.17, 15) is 5.11 Å². The van der Waals surface area contributed by atoms with Crippen molar-refractivity contribution in [2.24, 2.45) is 7.05 Å². The van der Waals surface area contributed by atoms with Crippen LogP contribution in [0.15, 0.2) is 152 Å². The zero-order chi connectivity index (χ0) is 51.5. The molecule has 0 amide bonds. The predicted octanol–water partition coefficient (Wildman–Crippen LogP) is 16.8. The minimum absolute atomic E-state index is 0. The van der Waals surface area contributed by atoms with Crippen molar-refractivity contribution in [2.45, 2.75) is 105 Å². The summed E-state index contributed by atoms with van der Waals surface area (Å²) < 4.78 is 6.73. The van der Waals surface area contributed by atoms with Crippen molar-refractivity contribution >= 4 is 43.9 Å². The Hall–Kier alpha value is -7.08. The summed E-state index contributed by atoms with van der Waals surface area (Å²) in [5.41, 5.74) is 15.7. The van der Waals surface area contributed by atoms with Crippen molar-refractivity contribution in [3.8, 4) is 62.4 Å². The van der Waals surface area contributed by atoms with Gasteiger partial charge in [0.15, 0.2) is 0 Å². The van der Waals surface area contributed by atoms with E-state index in [1.54, 1.807) is 0 Å². The summed E-state index contributed by atoms with van der Waals surface area (Å²) in [7, 11) is 2.10. The first-order valence-corrected chi connectivity index (χ1v) is 25.6. The summed E-state index contributed by atoms with van der Waals surface area (Å²) in [6.45, 7) is 26.8. The van der Waals surface area contributed by atoms with Crippen molar-refractivity contribution in [2.75, 3.05) is 0 Å². The number of phenolic OH excluding ortho intramolecular Hbond substituents is 1. The first-order chi connectivity index (χ1) is 34.6. The van der Waals surface area contributed by atoms with E-state index < -0.39 is 0 Å². The van der Waals surface area contributed by atoms with Gasteiger partial charge in [0.25, 0.3) is 0 Å². The van der Waals surface area contributed by atoms with Crippen molar-refractivity contribution in [3.63, 3.8) is 0 Å². The van der Waals surface area contributed by atoms with Crippen LogP contribution in [-0.4, -0.2) is 33.8 Å². The summed E-state index contributed by atoms with van der Waals surface area (Å²) in [6.07, 6.45) is 0. The quantitative estimate of drug-likeness (QED) is 0.168. The van der Waals surface area contributed by atoms with Gasteiger partial charge in [-0.2, -0.15) is 24.3 Å². The van der Waals surface area contributed by atoms with Crippen LogP contribution in [0.25, 0.3) is 101 Å². The molecule has 0 aliphatic rings. The predicted molar refractivity (Wildman–Crippen MR) is 305 cm³/mol. The monoisotopic (exact) mass is 1150 g/mol. The van der Waals surface area contributed by atoms with Gasteiger partial charge in [0.2, 0.25) is 0 Å². The number of benzene rings is 7. The van der Waals surface area contributed by atoms with Crippen molar-refractivity contribution in [1.82, 2.24) is 28.7 Å². The van der Waals surface area contributed by atoms with Gasteiger partial charge in [0, 0.05) is 55.9 Å². The summed E-state index contributed by atoms with van der Waals surface area (Å²) >= 11 is 0. The molecule has 0 saturated heterocycles. The maximum Gasteiger partial charge on any atom is 0.149 e. The molecule has 0 bridgehead atoms. The smallest absolute Gasteiger partial charge is 0.149 e. The number of para-hydroxylation sites is 2. The van der Waals surface area contributed by atoms with Crippen molar-refractivity contribution in [3.05, 3.63) is 180 Å². The van der Waals surface area contributed by atoms with E-state index in [0.717, 1.165) is 106 Å². The third-order valence-corrected chi connectivity index (χ3v) is 14.7. The minimum Gasteiger partial charge on any atom is -0.507 e. The van der Waals surface area contributed by atoms with Gasteiger partial charge in [-0.1, -0.05) is 174 Å². The zero-order valence-corrected chi connectivity index (χ0v) is 47.2. The average molecular weight is 1150 g/mol. The molecule has 7 nitrogen and oxygen atoms in total. The molecule has 0 fully saturated rings. The Balaban J connectivity index is 0.00000626. The molecule has 11 rings (SSSR count). The first-order valence-electron chi connectivity index (χ1n) is 25.6. The molecule has 0 unspecified atom stereocenters. The Labute approximate surface area is 450 Å². The number of imidazole rings is 2. The van der Waals surface area contributed by atoms with Crippen LogP contribution in [-0.2, 0) is 49.8 Å². The molecule has 0 saturated carbocycles. The number of phenols is 1. The summed E-state index contributed by atoms with van der Waals surface area (Å²) in [6, 6.07) is 57.4. The third kappa shape index (κ3) is 8.67. The Morgan fingerprint density at radius 2 is 1.12 bits per heavy atom. The van der Waals surface area contributed by atoms with Gasteiger partial charge in [-0.15, -0.1) is 5.39 Å². The fourth-order valence-corrected chi connectivity index (χ4v) is 10.5. The van der Waals surface area contributed by atoms with E-state index >= 15 is 0 Å². The number of fused-ring (bicyclic) bond motifs is 5. The van der Waals surface area contributed by atoms with Crippen LogP contribution in [0.1, 0.15) is 105 Å². The molecule has 0 spiro atoms. The van der Waals surface area contributed by atoms with E-state index in [4.69, 9.17) is 15.0 Å². The molecule has 1 N–H and O–H groups in total. The van der Waals surface area contributed by atoms with Crippen LogP contribution in [0.2, 0.25) is 0 Å². The summed E-state index contributed by atoms with van der Waals surface area (Å²) in [5.74, 6) is 2.61. The number of hydrogen-bond acceptors (Lipinski definition) is 4. The van der Waals surface area contributed by atoms with Crippen LogP contribution in [0.4, 0.5) is 0 Å². The number of rotatable bonds is 6. The standard InChI is InChI=1S/C66H65N6O.Pt/c1-63(2,3)42-31-32-54(47(33-42)40-23-16-14-17-24-40)72-55-30-22-28-46(59(55)69-62(72)49-34-43(64(4,5)6)35-50(60(49)73)66(10,11)12)51-36-44(65(7,8)9)37-58(67-51)71-53-29-21-20-27-45(53)48-38-57-52(39-56(48)71)68-61(70(57)13)41-25-18-15-19-26-41;/h14-28,30-39,73H,1-13H3;/q-1;. The summed E-state index contributed by atoms with van der Waals surface area (Å²) in [4.78, 5) is 16.7. The molecule has 7 aromatic carbocycles. The van der Waals surface area contributed by atoms with Gasteiger partial charge in [-0.25, -0.2) is 15.0 Å². The van der Waals surface area contributed by atoms with Gasteiger partial charge in [-0.3, -0.25) is 4.57 Å². The number of pyridine rings is 1. The molecular weight excluding hydrogens is 1090 g/mol. The fraction of sp³-hybridized carbons (Fsp3) is 0.258. The second-order valence-corrected chi connectivity index (χ2v) is 24.0. The van der Waals surface area contributed by atoms with E-state index in [0.29, 0.717) is 11.4 Å². The SMILES string of the molecule is Cn1c(-c2ccccc2)nc2cc3c(cc21)c1ccc[c-]c1n3-c1cc(C(C)(C)C)cc(-c2cccc3c2nc(-c2cc(C(C)(C)C)cc(C(C)(C)C)c2O)n3-c2ccc(C(C)(C)C)cc2-c2ccccc2)n1.[Pt]. The molecule has 376 valence electrons. The van der Waals surface area contributed by atoms with Gasteiger partial charge in [0.1, 0.15) is 23.2 Å². The zero-order valence-electron chi connectivity index (χ0n) is 44.9. The van der Waals surface area contributed by atoms with Crippen molar-refractivity contribution in [1.29, 1.82) is 0 Å². The molecule has 0 aliphatic carbocycles. The van der Waals surface area contributed by atoms with Crippen molar-refractivity contribution < 1.29 is 26.2 Å². The molecule has 74 heavy (non-hydrogen) atoms. The van der Waals surface area contributed by atoms with Crippen LogP contribution >= 0.6 is 0 Å². The largest absolute Gasteiger partial charge is 0.507 e. The molecule has 8 heteroatoms. The van der Waals surface area contributed by atoms with Gasteiger partial charge < -0.3 is 14.2 Å². The first kappa shape index (κ1) is 50.5. The second-order valence-electron chi connectivity index (χ2n) is 24.0. The van der Waals surface area contributed by atoms with Gasteiger partial charge in [-0.05, 0) is 97.8 Å². The maximum absolute atomic E-state index is 12.7. The molecule has 4 aromatic heterocycles. The number of aryl methyl sites for hydroxylation is 1. The normalized spacial score (nSPS) is 12.6. The average Bonchev–Trinajstić information content (AvgIpc) is 4.01. The fourth-order valence-electron chi connectivity index (χ4n) is 10.5. The topological polar surface area (TPSA) is 73.7 Å². The number of hydrogen-bond donors (Lipinski definition) is 1. The van der Waals surface area contributed by atoms with Gasteiger partial charge >= 0.3 is 0 Å². The van der Waals surface area contributed by atoms with Gasteiger partial charge in [0.05, 0.1) is 39.0 Å². The Morgan fingerprint density at radius 1 is 0.473 bits per heavy atom. The van der Waals surface area contributed by atoms with E-state index in [1.165, 1.54) is 5.56 Å². The third-order valence-electron chi connectivity index (χ3n) is 14.7. The number of aromatic nitrogens is 6.